The Bertz CT molecular complexity index is 291. The van der Waals surface area contributed by atoms with Gasteiger partial charge in [0.05, 0.1) is 6.10 Å². The summed E-state index contributed by atoms with van der Waals surface area (Å²) in [7, 11) is 0. The number of rotatable bonds is 1. The van der Waals surface area contributed by atoms with Crippen LogP contribution in [0.5, 0.6) is 0 Å². The van der Waals surface area contributed by atoms with Crippen molar-refractivity contribution in [2.45, 2.75) is 63.5 Å². The highest BCUT2D eigenvalue weighted by molar-refractivity contribution is 5.26. The van der Waals surface area contributed by atoms with E-state index in [0.717, 1.165) is 18.9 Å². The van der Waals surface area contributed by atoms with Crippen molar-refractivity contribution in [3.63, 3.8) is 0 Å². The van der Waals surface area contributed by atoms with E-state index in [0.29, 0.717) is 0 Å². The van der Waals surface area contributed by atoms with Crippen LogP contribution in [0.25, 0.3) is 0 Å². The van der Waals surface area contributed by atoms with Gasteiger partial charge >= 0.3 is 0 Å². The third kappa shape index (κ3) is 2.05. The van der Waals surface area contributed by atoms with Crippen molar-refractivity contribution in [3.8, 4) is 0 Å². The first-order valence-electron chi connectivity index (χ1n) is 6.95. The molecule has 0 aromatic heterocycles. The summed E-state index contributed by atoms with van der Waals surface area (Å²) in [5, 5.41) is 9.71. The van der Waals surface area contributed by atoms with E-state index in [1.165, 1.54) is 51.6 Å². The number of piperidine rings is 1. The van der Waals surface area contributed by atoms with E-state index >= 15 is 0 Å². The Kier molecular flexibility index (Phi) is 3.03. The molecule has 0 unspecified atom stereocenters. The molecule has 1 N–H and O–H groups in total. The summed E-state index contributed by atoms with van der Waals surface area (Å²) in [6.45, 7) is 2.63. The van der Waals surface area contributed by atoms with E-state index in [-0.39, 0.29) is 6.10 Å². The normalized spacial score (nSPS) is 36.6. The monoisotopic (exact) mass is 221 g/mol. The van der Waals surface area contributed by atoms with E-state index in [4.69, 9.17) is 0 Å². The third-order valence-electron chi connectivity index (χ3n) is 4.63. The maximum Gasteiger partial charge on any atom is 0.0580 e. The van der Waals surface area contributed by atoms with Gasteiger partial charge in [0.15, 0.2) is 0 Å². The van der Waals surface area contributed by atoms with Crippen molar-refractivity contribution < 1.29 is 5.11 Å². The topological polar surface area (TPSA) is 23.5 Å². The van der Waals surface area contributed by atoms with Crippen LogP contribution < -0.4 is 0 Å². The van der Waals surface area contributed by atoms with Gasteiger partial charge < -0.3 is 5.11 Å². The minimum absolute atomic E-state index is 0.0427. The standard InChI is InChI=1S/C14H23NO/c16-14-5-4-11-8-13(9-12(11)10-14)15-6-2-1-3-7-15/h13-14,16H,1-10H2/t13-,14+/m1/s1. The largest absolute Gasteiger partial charge is 0.393 e. The first-order chi connectivity index (χ1) is 7.83. The summed E-state index contributed by atoms with van der Waals surface area (Å²) in [6.07, 6.45) is 9.88. The second-order valence-electron chi connectivity index (χ2n) is 5.76. The van der Waals surface area contributed by atoms with Crippen molar-refractivity contribution in [2.75, 3.05) is 13.1 Å². The summed E-state index contributed by atoms with van der Waals surface area (Å²) in [6, 6.07) is 0.788. The summed E-state index contributed by atoms with van der Waals surface area (Å²) in [4.78, 5) is 2.70. The van der Waals surface area contributed by atoms with Crippen LogP contribution in [0.3, 0.4) is 0 Å². The van der Waals surface area contributed by atoms with Gasteiger partial charge in [-0.05, 0) is 58.0 Å². The second-order valence-corrected chi connectivity index (χ2v) is 5.76. The highest BCUT2D eigenvalue weighted by Gasteiger charge is 2.32. The van der Waals surface area contributed by atoms with E-state index < -0.39 is 0 Å². The fourth-order valence-electron chi connectivity index (χ4n) is 3.71. The summed E-state index contributed by atoms with van der Waals surface area (Å²) in [5.74, 6) is 0. The van der Waals surface area contributed by atoms with Gasteiger partial charge in [0.2, 0.25) is 0 Å². The van der Waals surface area contributed by atoms with Gasteiger partial charge in [-0.2, -0.15) is 0 Å². The van der Waals surface area contributed by atoms with E-state index in [2.05, 4.69) is 4.90 Å². The molecule has 1 saturated heterocycles. The first kappa shape index (κ1) is 10.8. The van der Waals surface area contributed by atoms with Crippen LogP contribution in [0.4, 0.5) is 0 Å². The molecular weight excluding hydrogens is 198 g/mol. The van der Waals surface area contributed by atoms with Gasteiger partial charge in [0, 0.05) is 6.04 Å². The Morgan fingerprint density at radius 1 is 0.938 bits per heavy atom. The molecule has 1 heterocycles. The minimum atomic E-state index is -0.0427. The lowest BCUT2D eigenvalue weighted by atomic mass is 9.92. The molecule has 0 bridgehead atoms. The first-order valence-corrected chi connectivity index (χ1v) is 6.95. The van der Waals surface area contributed by atoms with Gasteiger partial charge in [0.25, 0.3) is 0 Å². The SMILES string of the molecule is O[C@H]1CCC2=C(C1)C[C@H](N1CCCCC1)C2. The number of aliphatic hydroxyl groups excluding tert-OH is 1. The molecule has 3 rings (SSSR count). The Labute approximate surface area is 98.3 Å². The molecule has 0 radical (unpaired) electrons. The molecule has 0 saturated carbocycles. The molecular formula is C14H23NO. The molecule has 16 heavy (non-hydrogen) atoms. The van der Waals surface area contributed by atoms with E-state index in [1.54, 1.807) is 11.1 Å². The number of hydrogen-bond acceptors (Lipinski definition) is 2. The minimum Gasteiger partial charge on any atom is -0.393 e. The molecule has 2 atom stereocenters. The van der Waals surface area contributed by atoms with Crippen molar-refractivity contribution in [3.05, 3.63) is 11.1 Å². The van der Waals surface area contributed by atoms with Crippen LogP contribution in [-0.4, -0.2) is 35.2 Å². The van der Waals surface area contributed by atoms with Crippen LogP contribution in [0, 0.1) is 0 Å². The average Bonchev–Trinajstić information content (AvgIpc) is 2.73. The quantitative estimate of drug-likeness (QED) is 0.688. The molecule has 3 aliphatic rings. The molecule has 1 aliphatic heterocycles. The van der Waals surface area contributed by atoms with Gasteiger partial charge in [-0.25, -0.2) is 0 Å². The van der Waals surface area contributed by atoms with Crippen LogP contribution in [0.15, 0.2) is 11.1 Å². The number of likely N-dealkylation sites (tertiary alicyclic amines) is 1. The van der Waals surface area contributed by atoms with Gasteiger partial charge in [-0.1, -0.05) is 17.6 Å². The predicted octanol–water partition coefficient (Wildman–Crippen LogP) is 2.48. The molecule has 2 nitrogen and oxygen atoms in total. The average molecular weight is 221 g/mol. The van der Waals surface area contributed by atoms with Crippen LogP contribution in [-0.2, 0) is 0 Å². The summed E-state index contributed by atoms with van der Waals surface area (Å²) in [5.41, 5.74) is 3.30. The third-order valence-corrected chi connectivity index (χ3v) is 4.63. The highest BCUT2D eigenvalue weighted by Crippen LogP contribution is 2.39. The number of hydrogen-bond donors (Lipinski definition) is 1. The lowest BCUT2D eigenvalue weighted by molar-refractivity contribution is 0.156. The molecule has 0 aromatic rings. The van der Waals surface area contributed by atoms with Crippen LogP contribution in [0.2, 0.25) is 0 Å². The van der Waals surface area contributed by atoms with Crippen LogP contribution >= 0.6 is 0 Å². The smallest absolute Gasteiger partial charge is 0.0580 e. The Hall–Kier alpha value is -0.340. The number of aliphatic hydroxyl groups is 1. The zero-order valence-corrected chi connectivity index (χ0v) is 10.1. The zero-order chi connectivity index (χ0) is 11.0. The molecule has 2 aliphatic carbocycles. The highest BCUT2D eigenvalue weighted by atomic mass is 16.3. The van der Waals surface area contributed by atoms with Crippen molar-refractivity contribution in [1.29, 1.82) is 0 Å². The maximum absolute atomic E-state index is 9.71. The molecule has 0 amide bonds. The summed E-state index contributed by atoms with van der Waals surface area (Å²) >= 11 is 0. The Balaban J connectivity index is 1.62. The predicted molar refractivity (Wildman–Crippen MR) is 65.3 cm³/mol. The van der Waals surface area contributed by atoms with Crippen molar-refractivity contribution >= 4 is 0 Å². The maximum atomic E-state index is 9.71. The second kappa shape index (κ2) is 4.50. The van der Waals surface area contributed by atoms with Gasteiger partial charge in [-0.15, -0.1) is 0 Å². The van der Waals surface area contributed by atoms with Crippen molar-refractivity contribution in [2.24, 2.45) is 0 Å². The molecule has 1 fully saturated rings. The lowest BCUT2D eigenvalue weighted by Crippen LogP contribution is -2.38. The molecule has 2 heteroatoms. The Morgan fingerprint density at radius 3 is 2.50 bits per heavy atom. The van der Waals surface area contributed by atoms with Crippen molar-refractivity contribution in [1.82, 2.24) is 4.90 Å². The number of nitrogens with zero attached hydrogens (tertiary/aromatic N) is 1. The molecule has 90 valence electrons. The van der Waals surface area contributed by atoms with Gasteiger partial charge in [0.1, 0.15) is 0 Å². The molecule has 0 aromatic carbocycles. The fourth-order valence-corrected chi connectivity index (χ4v) is 3.71. The Morgan fingerprint density at radius 2 is 1.69 bits per heavy atom. The van der Waals surface area contributed by atoms with E-state index in [1.807, 2.05) is 0 Å². The molecule has 0 spiro atoms. The fraction of sp³-hybridized carbons (Fsp3) is 0.857. The van der Waals surface area contributed by atoms with Gasteiger partial charge in [-0.3, -0.25) is 4.90 Å². The summed E-state index contributed by atoms with van der Waals surface area (Å²) < 4.78 is 0. The zero-order valence-electron chi connectivity index (χ0n) is 10.1. The lowest BCUT2D eigenvalue weighted by Gasteiger charge is -2.32. The van der Waals surface area contributed by atoms with E-state index in [9.17, 15) is 5.11 Å². The van der Waals surface area contributed by atoms with Crippen LogP contribution in [0.1, 0.15) is 51.4 Å².